The fourth-order valence-electron chi connectivity index (χ4n) is 3.01. The maximum absolute atomic E-state index is 12.6. The molecule has 0 aromatic heterocycles. The molecule has 2 aliphatic heterocycles. The summed E-state index contributed by atoms with van der Waals surface area (Å²) >= 11 is 0. The second-order valence-corrected chi connectivity index (χ2v) is 5.76. The number of nitrogens with one attached hydrogen (secondary N) is 1. The standard InChI is InChI=1S/C16H19N3O4/c1-10-15(21)19-7-6-18(9-13(19)14(20)17-10)16(22)11-4-3-5-12(8-11)23-2/h3-5,8,10,13H,6-7,9H2,1-2H3,(H,17,20)/t10-,13-/m1/s1. The fraction of sp³-hybridized carbons (Fsp3) is 0.438. The number of piperazine rings is 2. The predicted molar refractivity (Wildman–Crippen MR) is 82.0 cm³/mol. The molecule has 2 saturated heterocycles. The van der Waals surface area contributed by atoms with Crippen LogP contribution in [0.3, 0.4) is 0 Å². The highest BCUT2D eigenvalue weighted by Gasteiger charge is 2.42. The van der Waals surface area contributed by atoms with Crippen molar-refractivity contribution >= 4 is 17.7 Å². The zero-order chi connectivity index (χ0) is 16.6. The van der Waals surface area contributed by atoms with Crippen LogP contribution in [-0.2, 0) is 9.59 Å². The third-order valence-electron chi connectivity index (χ3n) is 4.30. The van der Waals surface area contributed by atoms with Crippen molar-refractivity contribution < 1.29 is 19.1 Å². The molecule has 0 aliphatic carbocycles. The Bertz CT molecular complexity index is 660. The summed E-state index contributed by atoms with van der Waals surface area (Å²) in [7, 11) is 1.54. The summed E-state index contributed by atoms with van der Waals surface area (Å²) in [5.41, 5.74) is 0.508. The van der Waals surface area contributed by atoms with Crippen LogP contribution in [0, 0.1) is 0 Å². The SMILES string of the molecule is COc1cccc(C(=O)N2CCN3C(=O)[C@@H](C)NC(=O)[C@H]3C2)c1. The van der Waals surface area contributed by atoms with Gasteiger partial charge in [0.15, 0.2) is 0 Å². The van der Waals surface area contributed by atoms with E-state index in [1.165, 1.54) is 0 Å². The lowest BCUT2D eigenvalue weighted by Crippen LogP contribution is -2.69. The molecular weight excluding hydrogens is 298 g/mol. The lowest BCUT2D eigenvalue weighted by atomic mass is 10.0. The van der Waals surface area contributed by atoms with Crippen molar-refractivity contribution in [1.82, 2.24) is 15.1 Å². The van der Waals surface area contributed by atoms with E-state index in [1.54, 1.807) is 48.1 Å². The first-order valence-electron chi connectivity index (χ1n) is 7.55. The smallest absolute Gasteiger partial charge is 0.254 e. The van der Waals surface area contributed by atoms with Crippen molar-refractivity contribution in [2.24, 2.45) is 0 Å². The number of hydrogen-bond donors (Lipinski definition) is 1. The number of rotatable bonds is 2. The van der Waals surface area contributed by atoms with E-state index < -0.39 is 12.1 Å². The Labute approximate surface area is 134 Å². The molecule has 0 radical (unpaired) electrons. The summed E-state index contributed by atoms with van der Waals surface area (Å²) in [6, 6.07) is 5.79. The Hall–Kier alpha value is -2.57. The van der Waals surface area contributed by atoms with Crippen LogP contribution in [0.25, 0.3) is 0 Å². The molecule has 2 atom stereocenters. The molecule has 7 nitrogen and oxygen atoms in total. The van der Waals surface area contributed by atoms with Crippen molar-refractivity contribution in [3.05, 3.63) is 29.8 Å². The van der Waals surface area contributed by atoms with Crippen LogP contribution in [0.5, 0.6) is 5.75 Å². The highest BCUT2D eigenvalue weighted by Crippen LogP contribution is 2.19. The van der Waals surface area contributed by atoms with Crippen LogP contribution < -0.4 is 10.1 Å². The van der Waals surface area contributed by atoms with E-state index in [4.69, 9.17) is 4.74 Å². The van der Waals surface area contributed by atoms with Crippen LogP contribution in [0.15, 0.2) is 24.3 Å². The van der Waals surface area contributed by atoms with Crippen molar-refractivity contribution in [2.45, 2.75) is 19.0 Å². The second-order valence-electron chi connectivity index (χ2n) is 5.76. The highest BCUT2D eigenvalue weighted by atomic mass is 16.5. The molecule has 0 spiro atoms. The van der Waals surface area contributed by atoms with Crippen LogP contribution in [-0.4, -0.2) is 66.3 Å². The van der Waals surface area contributed by atoms with Gasteiger partial charge < -0.3 is 19.9 Å². The lowest BCUT2D eigenvalue weighted by Gasteiger charge is -2.44. The van der Waals surface area contributed by atoms with Gasteiger partial charge in [-0.2, -0.15) is 0 Å². The zero-order valence-electron chi connectivity index (χ0n) is 13.1. The minimum atomic E-state index is -0.609. The van der Waals surface area contributed by atoms with Gasteiger partial charge in [0.25, 0.3) is 5.91 Å². The van der Waals surface area contributed by atoms with Gasteiger partial charge in [-0.3, -0.25) is 14.4 Å². The largest absolute Gasteiger partial charge is 0.497 e. The number of benzene rings is 1. The number of hydrogen-bond acceptors (Lipinski definition) is 4. The third kappa shape index (κ3) is 2.74. The molecule has 0 saturated carbocycles. The Morgan fingerprint density at radius 2 is 2.09 bits per heavy atom. The number of ether oxygens (including phenoxy) is 1. The average molecular weight is 317 g/mol. The third-order valence-corrected chi connectivity index (χ3v) is 4.30. The molecule has 1 N–H and O–H groups in total. The van der Waals surface area contributed by atoms with E-state index >= 15 is 0 Å². The molecule has 2 heterocycles. The Morgan fingerprint density at radius 1 is 1.30 bits per heavy atom. The van der Waals surface area contributed by atoms with E-state index in [9.17, 15) is 14.4 Å². The van der Waals surface area contributed by atoms with Gasteiger partial charge in [0.05, 0.1) is 13.7 Å². The molecular formula is C16H19N3O4. The summed E-state index contributed by atoms with van der Waals surface area (Å²) in [4.78, 5) is 40.1. The highest BCUT2D eigenvalue weighted by molar-refractivity contribution is 5.99. The Morgan fingerprint density at radius 3 is 2.83 bits per heavy atom. The molecule has 1 aromatic carbocycles. The molecule has 2 aliphatic rings. The maximum atomic E-state index is 12.6. The Balaban J connectivity index is 1.77. The molecule has 1 aromatic rings. The van der Waals surface area contributed by atoms with E-state index in [0.29, 0.717) is 24.4 Å². The van der Waals surface area contributed by atoms with E-state index in [0.717, 1.165) is 0 Å². The summed E-state index contributed by atoms with van der Waals surface area (Å²) < 4.78 is 5.13. The van der Waals surface area contributed by atoms with Crippen LogP contribution in [0.4, 0.5) is 0 Å². The number of carbonyl (C=O) groups excluding carboxylic acids is 3. The monoisotopic (exact) mass is 317 g/mol. The van der Waals surface area contributed by atoms with Gasteiger partial charge in [-0.15, -0.1) is 0 Å². The molecule has 2 fully saturated rings. The zero-order valence-corrected chi connectivity index (χ0v) is 13.1. The van der Waals surface area contributed by atoms with Crippen molar-refractivity contribution in [3.8, 4) is 5.75 Å². The summed E-state index contributed by atoms with van der Waals surface area (Å²) in [5, 5.41) is 2.66. The minimum Gasteiger partial charge on any atom is -0.497 e. The van der Waals surface area contributed by atoms with Crippen LogP contribution in [0.1, 0.15) is 17.3 Å². The first-order chi connectivity index (χ1) is 11.0. The van der Waals surface area contributed by atoms with Crippen molar-refractivity contribution in [1.29, 1.82) is 0 Å². The first kappa shape index (κ1) is 15.3. The number of nitrogens with zero attached hydrogens (tertiary/aromatic N) is 2. The van der Waals surface area contributed by atoms with Gasteiger partial charge in [-0.25, -0.2) is 0 Å². The van der Waals surface area contributed by atoms with Gasteiger partial charge in [-0.1, -0.05) is 6.07 Å². The Kier molecular flexibility index (Phi) is 3.94. The average Bonchev–Trinajstić information content (AvgIpc) is 2.58. The number of amides is 3. The number of fused-ring (bicyclic) bond motifs is 1. The minimum absolute atomic E-state index is 0.0944. The number of carbonyl (C=O) groups is 3. The van der Waals surface area contributed by atoms with Crippen molar-refractivity contribution in [3.63, 3.8) is 0 Å². The van der Waals surface area contributed by atoms with Gasteiger partial charge in [0, 0.05) is 18.7 Å². The van der Waals surface area contributed by atoms with Gasteiger partial charge >= 0.3 is 0 Å². The summed E-state index contributed by atoms with van der Waals surface area (Å²) in [5.74, 6) is 0.139. The van der Waals surface area contributed by atoms with Gasteiger partial charge in [0.2, 0.25) is 11.8 Å². The van der Waals surface area contributed by atoms with E-state index in [1.807, 2.05) is 0 Å². The summed E-state index contributed by atoms with van der Waals surface area (Å²) in [6.45, 7) is 2.67. The molecule has 23 heavy (non-hydrogen) atoms. The molecule has 0 bridgehead atoms. The quantitative estimate of drug-likeness (QED) is 0.824. The molecule has 3 rings (SSSR count). The molecule has 0 unspecified atom stereocenters. The molecule has 7 heteroatoms. The van der Waals surface area contributed by atoms with Gasteiger partial charge in [0.1, 0.15) is 17.8 Å². The normalized spacial score (nSPS) is 24.1. The predicted octanol–water partition coefficient (Wildman–Crippen LogP) is -0.133. The van der Waals surface area contributed by atoms with E-state index in [-0.39, 0.29) is 24.3 Å². The molecule has 3 amide bonds. The fourth-order valence-corrected chi connectivity index (χ4v) is 3.01. The lowest BCUT2D eigenvalue weighted by molar-refractivity contribution is -0.151. The maximum Gasteiger partial charge on any atom is 0.254 e. The summed E-state index contributed by atoms with van der Waals surface area (Å²) in [6.07, 6.45) is 0. The second kappa shape index (κ2) is 5.91. The number of methoxy groups -OCH3 is 1. The van der Waals surface area contributed by atoms with Crippen LogP contribution >= 0.6 is 0 Å². The first-order valence-corrected chi connectivity index (χ1v) is 7.55. The molecule has 122 valence electrons. The topological polar surface area (TPSA) is 79.0 Å². The van der Waals surface area contributed by atoms with Crippen LogP contribution in [0.2, 0.25) is 0 Å². The van der Waals surface area contributed by atoms with Gasteiger partial charge in [-0.05, 0) is 25.1 Å². The van der Waals surface area contributed by atoms with E-state index in [2.05, 4.69) is 5.32 Å². The van der Waals surface area contributed by atoms with Crippen molar-refractivity contribution in [2.75, 3.05) is 26.7 Å².